The Morgan fingerprint density at radius 1 is 0.846 bits per heavy atom. The zero-order valence-corrected chi connectivity index (χ0v) is 21.0. The highest BCUT2D eigenvalue weighted by molar-refractivity contribution is 6.35. The molecule has 0 atom stereocenters. The van der Waals surface area contributed by atoms with Crippen LogP contribution in [0.5, 0.6) is 11.5 Å². The average Bonchev–Trinajstić information content (AvgIpc) is 3.17. The lowest BCUT2D eigenvalue weighted by Crippen LogP contribution is -2.30. The number of hydrogen-bond acceptors (Lipinski definition) is 7. The lowest BCUT2D eigenvalue weighted by molar-refractivity contribution is -0.384. The third kappa shape index (κ3) is 5.10. The fourth-order valence-electron chi connectivity index (χ4n) is 4.35. The summed E-state index contributed by atoms with van der Waals surface area (Å²) in [6.45, 7) is 3.70. The largest absolute Gasteiger partial charge is 0.457 e. The van der Waals surface area contributed by atoms with Gasteiger partial charge in [-0.1, -0.05) is 29.8 Å². The van der Waals surface area contributed by atoms with Gasteiger partial charge in [-0.15, -0.1) is 0 Å². The number of fused-ring (bicyclic) bond motifs is 1. The second kappa shape index (κ2) is 10.2. The van der Waals surface area contributed by atoms with E-state index in [1.54, 1.807) is 30.3 Å². The van der Waals surface area contributed by atoms with E-state index in [9.17, 15) is 24.5 Å². The van der Waals surface area contributed by atoms with Crippen LogP contribution >= 0.6 is 0 Å². The molecule has 4 aromatic rings. The predicted molar refractivity (Wildman–Crippen MR) is 142 cm³/mol. The number of anilines is 1. The van der Waals surface area contributed by atoms with Crippen LogP contribution < -0.4 is 9.64 Å². The van der Waals surface area contributed by atoms with Crippen molar-refractivity contribution in [3.05, 3.63) is 128 Å². The minimum absolute atomic E-state index is 0.0430. The van der Waals surface area contributed by atoms with Crippen LogP contribution in [0.15, 0.2) is 84.9 Å². The van der Waals surface area contributed by atoms with Gasteiger partial charge >= 0.3 is 5.97 Å². The molecule has 2 amide bonds. The number of non-ortho nitro benzene ring substituents is 1. The molecule has 9 nitrogen and oxygen atoms in total. The number of rotatable bonds is 7. The summed E-state index contributed by atoms with van der Waals surface area (Å²) in [7, 11) is 0. The molecule has 0 aliphatic carbocycles. The minimum Gasteiger partial charge on any atom is -0.457 e. The molecule has 0 spiro atoms. The summed E-state index contributed by atoms with van der Waals surface area (Å²) in [5, 5.41) is 10.8. The lowest BCUT2D eigenvalue weighted by Gasteiger charge is -2.16. The number of amides is 2. The Morgan fingerprint density at radius 3 is 2.31 bits per heavy atom. The van der Waals surface area contributed by atoms with Gasteiger partial charge in [0.2, 0.25) is 0 Å². The molecule has 0 fully saturated rings. The smallest absolute Gasteiger partial charge is 0.338 e. The number of nitrogens with zero attached hydrogens (tertiary/aromatic N) is 2. The second-order valence-corrected chi connectivity index (χ2v) is 9.07. The van der Waals surface area contributed by atoms with Crippen LogP contribution in [0.4, 0.5) is 11.4 Å². The third-order valence-electron chi connectivity index (χ3n) is 6.27. The average molecular weight is 523 g/mol. The summed E-state index contributed by atoms with van der Waals surface area (Å²) in [6, 6.07) is 22.3. The Labute approximate surface area is 223 Å². The van der Waals surface area contributed by atoms with Gasteiger partial charge in [0, 0.05) is 12.1 Å². The third-order valence-corrected chi connectivity index (χ3v) is 6.27. The first-order valence-electron chi connectivity index (χ1n) is 12.0. The molecule has 9 heteroatoms. The monoisotopic (exact) mass is 522 g/mol. The van der Waals surface area contributed by atoms with Crippen LogP contribution in [-0.4, -0.2) is 22.7 Å². The van der Waals surface area contributed by atoms with Gasteiger partial charge < -0.3 is 9.47 Å². The van der Waals surface area contributed by atoms with Crippen molar-refractivity contribution in [1.29, 1.82) is 0 Å². The summed E-state index contributed by atoms with van der Waals surface area (Å²) in [6.07, 6.45) is 0. The van der Waals surface area contributed by atoms with Crippen molar-refractivity contribution >= 4 is 29.2 Å². The molecule has 4 aromatic carbocycles. The number of esters is 1. The molecule has 194 valence electrons. The lowest BCUT2D eigenvalue weighted by atomic mass is 10.1. The molecule has 0 saturated heterocycles. The van der Waals surface area contributed by atoms with E-state index in [0.29, 0.717) is 22.7 Å². The zero-order valence-electron chi connectivity index (χ0n) is 21.0. The van der Waals surface area contributed by atoms with Gasteiger partial charge in [-0.25, -0.2) is 9.69 Å². The molecule has 0 bridgehead atoms. The number of carbonyl (C=O) groups excluding carboxylic acids is 3. The molecule has 1 aliphatic heterocycles. The van der Waals surface area contributed by atoms with Gasteiger partial charge in [0.05, 0.1) is 27.3 Å². The maximum atomic E-state index is 13.1. The van der Waals surface area contributed by atoms with Crippen molar-refractivity contribution in [2.45, 2.75) is 20.5 Å². The summed E-state index contributed by atoms with van der Waals surface area (Å²) in [5.74, 6) is -0.698. The number of benzene rings is 4. The first-order chi connectivity index (χ1) is 18.7. The number of carbonyl (C=O) groups is 3. The molecule has 0 radical (unpaired) electrons. The Morgan fingerprint density at radius 2 is 1.59 bits per heavy atom. The summed E-state index contributed by atoms with van der Waals surface area (Å²) >= 11 is 0. The molecule has 0 aromatic heterocycles. The maximum Gasteiger partial charge on any atom is 0.338 e. The number of hydrogen-bond donors (Lipinski definition) is 0. The molecule has 5 rings (SSSR count). The van der Waals surface area contributed by atoms with E-state index in [0.717, 1.165) is 16.0 Å². The minimum atomic E-state index is -0.648. The van der Waals surface area contributed by atoms with Gasteiger partial charge in [-0.05, 0) is 73.5 Å². The van der Waals surface area contributed by atoms with Crippen LogP contribution in [-0.2, 0) is 11.3 Å². The van der Waals surface area contributed by atoms with Gasteiger partial charge in [0.1, 0.15) is 18.1 Å². The van der Waals surface area contributed by atoms with E-state index in [2.05, 4.69) is 0 Å². The van der Waals surface area contributed by atoms with Gasteiger partial charge in [0.25, 0.3) is 17.5 Å². The number of nitro benzene ring substituents is 1. The fourth-order valence-corrected chi connectivity index (χ4v) is 4.35. The van der Waals surface area contributed by atoms with Crippen molar-refractivity contribution in [3.63, 3.8) is 0 Å². The number of ether oxygens (including phenoxy) is 2. The molecule has 1 heterocycles. The molecule has 1 aliphatic rings. The van der Waals surface area contributed by atoms with E-state index in [1.807, 2.05) is 26.0 Å². The van der Waals surface area contributed by atoms with E-state index < -0.39 is 22.7 Å². The van der Waals surface area contributed by atoms with Crippen molar-refractivity contribution in [2.24, 2.45) is 0 Å². The van der Waals surface area contributed by atoms with Gasteiger partial charge in [-0.2, -0.15) is 0 Å². The first-order valence-corrected chi connectivity index (χ1v) is 12.0. The summed E-state index contributed by atoms with van der Waals surface area (Å²) < 4.78 is 11.2. The van der Waals surface area contributed by atoms with Crippen LogP contribution in [0, 0.1) is 24.0 Å². The highest BCUT2D eigenvalue weighted by Gasteiger charge is 2.37. The first kappa shape index (κ1) is 25.3. The zero-order chi connectivity index (χ0) is 27.7. The highest BCUT2D eigenvalue weighted by Crippen LogP contribution is 2.32. The van der Waals surface area contributed by atoms with Crippen LogP contribution in [0.25, 0.3) is 0 Å². The second-order valence-electron chi connectivity index (χ2n) is 9.07. The fraction of sp³-hybridized carbons (Fsp3) is 0.100. The predicted octanol–water partition coefficient (Wildman–Crippen LogP) is 6.16. The number of nitro groups is 1. The molecule has 0 N–H and O–H groups in total. The summed E-state index contributed by atoms with van der Waals surface area (Å²) in [5.41, 5.74) is 3.45. The van der Waals surface area contributed by atoms with Crippen LogP contribution in [0.3, 0.4) is 0 Å². The Hall–Kier alpha value is -5.31. The maximum absolute atomic E-state index is 13.1. The van der Waals surface area contributed by atoms with Gasteiger partial charge in [0.15, 0.2) is 0 Å². The number of imide groups is 1. The van der Waals surface area contributed by atoms with E-state index >= 15 is 0 Å². The SMILES string of the molecule is Cc1ccc(N2C(=O)c3ccc(C(=O)OCc4cccc(Oc5ccc([N+](=O)[O-])cc5)c4)cc3C2=O)c(C)c1. The van der Waals surface area contributed by atoms with E-state index in [4.69, 9.17) is 9.47 Å². The van der Waals surface area contributed by atoms with Crippen molar-refractivity contribution in [1.82, 2.24) is 0 Å². The normalized spacial score (nSPS) is 12.3. The van der Waals surface area contributed by atoms with Crippen LogP contribution in [0.1, 0.15) is 47.8 Å². The molecular formula is C30H22N2O7. The standard InChI is InChI=1S/C30H22N2O7/c1-18-6-13-27(19(2)14-18)31-28(33)25-12-7-21(16-26(25)29(31)34)30(35)38-17-20-4-3-5-24(15-20)39-23-10-8-22(9-11-23)32(36)37/h3-16H,17H2,1-2H3. The Bertz CT molecular complexity index is 1640. The van der Waals surface area contributed by atoms with Gasteiger partial charge in [-0.3, -0.25) is 19.7 Å². The molecule has 0 unspecified atom stereocenters. The van der Waals surface area contributed by atoms with Crippen LogP contribution in [0.2, 0.25) is 0 Å². The quantitative estimate of drug-likeness (QED) is 0.123. The Balaban J connectivity index is 1.27. The molecule has 39 heavy (non-hydrogen) atoms. The van der Waals surface area contributed by atoms with Crippen molar-refractivity contribution in [2.75, 3.05) is 4.90 Å². The molecular weight excluding hydrogens is 500 g/mol. The van der Waals surface area contributed by atoms with E-state index in [-0.39, 0.29) is 29.0 Å². The molecule has 0 saturated carbocycles. The topological polar surface area (TPSA) is 116 Å². The Kier molecular flexibility index (Phi) is 6.64. The van der Waals surface area contributed by atoms with E-state index in [1.165, 1.54) is 42.5 Å². The highest BCUT2D eigenvalue weighted by atomic mass is 16.6. The number of aryl methyl sites for hydroxylation is 2. The van der Waals surface area contributed by atoms with Crippen molar-refractivity contribution < 1.29 is 28.8 Å². The van der Waals surface area contributed by atoms with Crippen molar-refractivity contribution in [3.8, 4) is 11.5 Å². The summed E-state index contributed by atoms with van der Waals surface area (Å²) in [4.78, 5) is 50.4.